The van der Waals surface area contributed by atoms with E-state index in [1.165, 1.54) is 0 Å². The van der Waals surface area contributed by atoms with Gasteiger partial charge in [0.15, 0.2) is 0 Å². The molecule has 1 fully saturated rings. The Hall–Kier alpha value is -2.61. The van der Waals surface area contributed by atoms with Crippen LogP contribution in [0.3, 0.4) is 0 Å². The molecule has 0 bridgehead atoms. The van der Waals surface area contributed by atoms with Gasteiger partial charge in [-0.1, -0.05) is 29.8 Å². The van der Waals surface area contributed by atoms with Crippen LogP contribution >= 0.6 is 11.6 Å². The Morgan fingerprint density at radius 1 is 1.06 bits per heavy atom. The molecular formula is C24H31ClN4O3. The number of amides is 2. The number of hydrogen-bond donors (Lipinski definition) is 2. The number of ether oxygens (including phenoxy) is 1. The van der Waals surface area contributed by atoms with E-state index in [2.05, 4.69) is 20.4 Å². The first-order chi connectivity index (χ1) is 15.3. The third-order valence-electron chi connectivity index (χ3n) is 5.87. The van der Waals surface area contributed by atoms with Gasteiger partial charge in [-0.05, 0) is 50.1 Å². The molecule has 1 aliphatic rings. The van der Waals surface area contributed by atoms with Crippen LogP contribution in [0, 0.1) is 13.8 Å². The number of hydrogen-bond acceptors (Lipinski definition) is 5. The van der Waals surface area contributed by atoms with Crippen LogP contribution in [-0.2, 0) is 9.59 Å². The molecule has 3 rings (SSSR count). The summed E-state index contributed by atoms with van der Waals surface area (Å²) in [4.78, 5) is 29.6. The van der Waals surface area contributed by atoms with Gasteiger partial charge in [-0.15, -0.1) is 0 Å². The third kappa shape index (κ3) is 6.00. The summed E-state index contributed by atoms with van der Waals surface area (Å²) >= 11 is 6.06. The number of halogens is 1. The van der Waals surface area contributed by atoms with Gasteiger partial charge in [-0.2, -0.15) is 0 Å². The van der Waals surface area contributed by atoms with E-state index < -0.39 is 0 Å². The predicted molar refractivity (Wildman–Crippen MR) is 129 cm³/mol. The number of anilines is 2. The zero-order chi connectivity index (χ0) is 23.3. The molecule has 1 aliphatic heterocycles. The lowest BCUT2D eigenvalue weighted by atomic mass is 10.1. The van der Waals surface area contributed by atoms with Gasteiger partial charge in [0, 0.05) is 36.9 Å². The lowest BCUT2D eigenvalue weighted by Gasteiger charge is -2.37. The molecule has 172 valence electrons. The van der Waals surface area contributed by atoms with E-state index in [0.717, 1.165) is 29.9 Å². The Morgan fingerprint density at radius 2 is 1.72 bits per heavy atom. The van der Waals surface area contributed by atoms with E-state index in [-0.39, 0.29) is 17.9 Å². The van der Waals surface area contributed by atoms with Crippen LogP contribution in [0.25, 0.3) is 0 Å². The molecule has 1 atom stereocenters. The third-order valence-corrected chi connectivity index (χ3v) is 6.10. The van der Waals surface area contributed by atoms with Crippen molar-refractivity contribution in [1.29, 1.82) is 0 Å². The lowest BCUT2D eigenvalue weighted by Crippen LogP contribution is -2.53. The summed E-state index contributed by atoms with van der Waals surface area (Å²) in [6, 6.07) is 10.8. The van der Waals surface area contributed by atoms with E-state index in [1.54, 1.807) is 25.3 Å². The predicted octanol–water partition coefficient (Wildman–Crippen LogP) is 3.55. The maximum absolute atomic E-state index is 12.8. The van der Waals surface area contributed by atoms with Crippen molar-refractivity contribution in [2.75, 3.05) is 50.5 Å². The summed E-state index contributed by atoms with van der Waals surface area (Å²) < 4.78 is 5.30. The highest BCUT2D eigenvalue weighted by atomic mass is 35.5. The zero-order valence-corrected chi connectivity index (χ0v) is 19.8. The molecule has 2 N–H and O–H groups in total. The summed E-state index contributed by atoms with van der Waals surface area (Å²) in [6.45, 7) is 9.06. The number of aryl methyl sites for hydroxylation is 2. The number of methoxy groups -OCH3 is 1. The molecule has 8 heteroatoms. The highest BCUT2D eigenvalue weighted by molar-refractivity contribution is 6.31. The van der Waals surface area contributed by atoms with Gasteiger partial charge >= 0.3 is 0 Å². The molecule has 1 saturated heterocycles. The highest BCUT2D eigenvalue weighted by Gasteiger charge is 2.27. The van der Waals surface area contributed by atoms with E-state index in [9.17, 15) is 9.59 Å². The molecule has 7 nitrogen and oxygen atoms in total. The van der Waals surface area contributed by atoms with Crippen LogP contribution < -0.4 is 15.4 Å². The maximum Gasteiger partial charge on any atom is 0.241 e. The first-order valence-corrected chi connectivity index (χ1v) is 11.1. The number of benzene rings is 2. The summed E-state index contributed by atoms with van der Waals surface area (Å²) in [5, 5.41) is 6.48. The number of nitrogens with zero attached hydrogens (tertiary/aromatic N) is 2. The van der Waals surface area contributed by atoms with Crippen LogP contribution in [0.15, 0.2) is 36.4 Å². The fraction of sp³-hybridized carbons (Fsp3) is 0.417. The molecule has 1 heterocycles. The van der Waals surface area contributed by atoms with Gasteiger partial charge in [-0.25, -0.2) is 0 Å². The Kier molecular flexibility index (Phi) is 8.12. The van der Waals surface area contributed by atoms with E-state index in [1.807, 2.05) is 39.0 Å². The number of para-hydroxylation sites is 1. The summed E-state index contributed by atoms with van der Waals surface area (Å²) in [7, 11) is 1.55. The smallest absolute Gasteiger partial charge is 0.241 e. The SMILES string of the molecule is COc1ccc(Cl)cc1NC(=O)[C@H](C)N1CCN(CC(=O)Nc2c(C)cccc2C)CC1. The molecule has 0 saturated carbocycles. The minimum Gasteiger partial charge on any atom is -0.495 e. The van der Waals surface area contributed by atoms with Crippen molar-refractivity contribution in [2.45, 2.75) is 26.8 Å². The summed E-state index contributed by atoms with van der Waals surface area (Å²) in [6.07, 6.45) is 0. The minimum absolute atomic E-state index is 0.0188. The highest BCUT2D eigenvalue weighted by Crippen LogP contribution is 2.28. The standard InChI is InChI=1S/C24H31ClN4O3/c1-16-6-5-7-17(2)23(16)27-22(30)15-28-10-12-29(13-11-28)18(3)24(31)26-20-14-19(25)8-9-21(20)32-4/h5-9,14,18H,10-13,15H2,1-4H3,(H,26,31)(H,27,30)/t18-/m0/s1. The van der Waals surface area contributed by atoms with Crippen molar-refractivity contribution in [2.24, 2.45) is 0 Å². The second kappa shape index (κ2) is 10.8. The molecule has 0 spiro atoms. The van der Waals surface area contributed by atoms with Crippen molar-refractivity contribution >= 4 is 34.8 Å². The van der Waals surface area contributed by atoms with Crippen LogP contribution in [0.2, 0.25) is 5.02 Å². The van der Waals surface area contributed by atoms with Crippen molar-refractivity contribution in [1.82, 2.24) is 9.80 Å². The molecule has 2 aromatic rings. The second-order valence-electron chi connectivity index (χ2n) is 8.14. The molecule has 32 heavy (non-hydrogen) atoms. The molecule has 2 aromatic carbocycles. The average Bonchev–Trinajstić information content (AvgIpc) is 2.76. The van der Waals surface area contributed by atoms with E-state index in [4.69, 9.17) is 16.3 Å². The van der Waals surface area contributed by atoms with Crippen molar-refractivity contribution in [3.05, 3.63) is 52.5 Å². The topological polar surface area (TPSA) is 73.9 Å². The molecule has 2 amide bonds. The van der Waals surface area contributed by atoms with E-state index in [0.29, 0.717) is 36.1 Å². The maximum atomic E-state index is 12.8. The Morgan fingerprint density at radius 3 is 2.34 bits per heavy atom. The van der Waals surface area contributed by atoms with Crippen molar-refractivity contribution in [3.63, 3.8) is 0 Å². The van der Waals surface area contributed by atoms with E-state index >= 15 is 0 Å². The number of nitrogens with one attached hydrogen (secondary N) is 2. The first kappa shape index (κ1) is 24.0. The van der Waals surface area contributed by atoms with Gasteiger partial charge < -0.3 is 15.4 Å². The minimum atomic E-state index is -0.315. The van der Waals surface area contributed by atoms with Crippen LogP contribution in [0.1, 0.15) is 18.1 Å². The van der Waals surface area contributed by atoms with Crippen LogP contribution in [0.5, 0.6) is 5.75 Å². The molecule has 0 aromatic heterocycles. The van der Waals surface area contributed by atoms with Crippen molar-refractivity contribution in [3.8, 4) is 5.75 Å². The quantitative estimate of drug-likeness (QED) is 0.663. The Balaban J connectivity index is 1.50. The fourth-order valence-electron chi connectivity index (χ4n) is 3.88. The van der Waals surface area contributed by atoms with Crippen LogP contribution in [0.4, 0.5) is 11.4 Å². The normalized spacial score (nSPS) is 15.8. The van der Waals surface area contributed by atoms with Gasteiger partial charge in [-0.3, -0.25) is 19.4 Å². The summed E-state index contributed by atoms with van der Waals surface area (Å²) in [5.41, 5.74) is 3.55. The average molecular weight is 459 g/mol. The molecule has 0 aliphatic carbocycles. The van der Waals surface area contributed by atoms with Gasteiger partial charge in [0.2, 0.25) is 11.8 Å². The van der Waals surface area contributed by atoms with Crippen molar-refractivity contribution < 1.29 is 14.3 Å². The Labute approximate surface area is 194 Å². The Bertz CT molecular complexity index is 953. The fourth-order valence-corrected chi connectivity index (χ4v) is 4.06. The van der Waals surface area contributed by atoms with Gasteiger partial charge in [0.1, 0.15) is 5.75 Å². The largest absolute Gasteiger partial charge is 0.495 e. The molecule has 0 radical (unpaired) electrons. The molecule has 0 unspecified atom stereocenters. The van der Waals surface area contributed by atoms with Gasteiger partial charge in [0.05, 0.1) is 25.4 Å². The monoisotopic (exact) mass is 458 g/mol. The lowest BCUT2D eigenvalue weighted by molar-refractivity contribution is -0.122. The number of piperazine rings is 1. The van der Waals surface area contributed by atoms with Crippen LogP contribution in [-0.4, -0.2) is 67.5 Å². The molecular weight excluding hydrogens is 428 g/mol. The number of carbonyl (C=O) groups is 2. The first-order valence-electron chi connectivity index (χ1n) is 10.8. The van der Waals surface area contributed by atoms with Gasteiger partial charge in [0.25, 0.3) is 0 Å². The number of rotatable bonds is 7. The zero-order valence-electron chi connectivity index (χ0n) is 19.1. The summed E-state index contributed by atoms with van der Waals surface area (Å²) in [5.74, 6) is 0.427. The number of carbonyl (C=O) groups excluding carboxylic acids is 2. The second-order valence-corrected chi connectivity index (χ2v) is 8.57.